The zero-order valence-corrected chi connectivity index (χ0v) is 28.1. The van der Waals surface area contributed by atoms with E-state index in [4.69, 9.17) is 0 Å². The van der Waals surface area contributed by atoms with E-state index in [1.54, 1.807) is 0 Å². The molecule has 2 aromatic heterocycles. The van der Waals surface area contributed by atoms with Gasteiger partial charge < -0.3 is 4.90 Å². The zero-order chi connectivity index (χ0) is 32.3. The first-order chi connectivity index (χ1) is 24.3. The Hall–Kier alpha value is -5.74. The van der Waals surface area contributed by atoms with E-state index in [2.05, 4.69) is 181 Å². The molecular weight excluding hydrogens is 631 g/mol. The fourth-order valence-corrected chi connectivity index (χ4v) is 9.77. The van der Waals surface area contributed by atoms with E-state index in [0.717, 1.165) is 11.4 Å². The van der Waals surface area contributed by atoms with E-state index in [1.165, 1.54) is 79.1 Å². The summed E-state index contributed by atoms with van der Waals surface area (Å²) < 4.78 is 5.22. The number of fused-ring (bicyclic) bond motifs is 7. The molecule has 0 aliphatic carbocycles. The van der Waals surface area contributed by atoms with Crippen LogP contribution in [0.5, 0.6) is 0 Å². The predicted molar refractivity (Wildman–Crippen MR) is 215 cm³/mol. The van der Waals surface area contributed by atoms with Crippen LogP contribution in [0.4, 0.5) is 17.1 Å². The normalized spacial score (nSPS) is 11.7. The number of hydrogen-bond acceptors (Lipinski definition) is 3. The maximum absolute atomic E-state index is 2.52. The molecule has 0 amide bonds. The Morgan fingerprint density at radius 1 is 0.327 bits per heavy atom. The maximum Gasteiger partial charge on any atom is 0.0555 e. The van der Waals surface area contributed by atoms with Crippen molar-refractivity contribution in [3.05, 3.63) is 176 Å². The fraction of sp³-hybridized carbons (Fsp3) is 0. The van der Waals surface area contributed by atoms with Crippen LogP contribution in [0.1, 0.15) is 0 Å². The average Bonchev–Trinajstić information content (AvgIpc) is 3.74. The summed E-state index contributed by atoms with van der Waals surface area (Å²) in [6, 6.07) is 64.5. The highest BCUT2D eigenvalue weighted by molar-refractivity contribution is 7.26. The lowest BCUT2D eigenvalue weighted by Crippen LogP contribution is -2.13. The maximum atomic E-state index is 2.52. The van der Waals surface area contributed by atoms with Gasteiger partial charge >= 0.3 is 0 Å². The van der Waals surface area contributed by atoms with Gasteiger partial charge in [-0.1, -0.05) is 133 Å². The van der Waals surface area contributed by atoms with Crippen LogP contribution in [0.3, 0.4) is 0 Å². The summed E-state index contributed by atoms with van der Waals surface area (Å²) in [4.78, 5) is 2.52. The quantitative estimate of drug-likeness (QED) is 0.178. The van der Waals surface area contributed by atoms with Crippen LogP contribution >= 0.6 is 22.7 Å². The molecule has 2 heterocycles. The van der Waals surface area contributed by atoms with Crippen molar-refractivity contribution in [3.63, 3.8) is 0 Å². The van der Waals surface area contributed by atoms with Gasteiger partial charge in [-0.05, 0) is 64.4 Å². The van der Waals surface area contributed by atoms with Crippen LogP contribution in [0, 0.1) is 0 Å². The lowest BCUT2D eigenvalue weighted by Gasteiger charge is -2.31. The van der Waals surface area contributed by atoms with Crippen LogP contribution < -0.4 is 4.90 Å². The fourth-order valence-electron chi connectivity index (χ4n) is 7.49. The first-order valence-corrected chi connectivity index (χ1v) is 18.2. The Morgan fingerprint density at radius 3 is 1.71 bits per heavy atom. The van der Waals surface area contributed by atoms with Crippen LogP contribution in [0.15, 0.2) is 176 Å². The van der Waals surface area contributed by atoms with Crippen molar-refractivity contribution in [1.82, 2.24) is 0 Å². The molecule has 0 saturated heterocycles. The molecule has 0 atom stereocenters. The summed E-state index contributed by atoms with van der Waals surface area (Å²) in [5.74, 6) is 0. The molecule has 0 aliphatic rings. The predicted octanol–water partition coefficient (Wildman–Crippen LogP) is 14.4. The van der Waals surface area contributed by atoms with Gasteiger partial charge in [0.25, 0.3) is 0 Å². The lowest BCUT2D eigenvalue weighted by atomic mass is 9.95. The Kier molecular flexibility index (Phi) is 6.61. The van der Waals surface area contributed by atoms with Gasteiger partial charge in [0.15, 0.2) is 0 Å². The standard InChI is InChI=1S/C46H29NS2/c1-2-15-32-30(13-1)14-11-20-34(32)35-17-4-8-22-40(35)47(41-23-12-26-44-46(41)38-19-6-10-25-43(38)48-44)39-21-7-3-16-33(39)31-27-28-37-36-18-5-9-24-42(36)49-45(37)29-31/h1-29H. The van der Waals surface area contributed by atoms with E-state index in [9.17, 15) is 0 Å². The number of thiophene rings is 2. The molecule has 8 aromatic carbocycles. The van der Waals surface area contributed by atoms with Crippen molar-refractivity contribution >= 4 is 90.9 Å². The minimum Gasteiger partial charge on any atom is -0.309 e. The summed E-state index contributed by atoms with van der Waals surface area (Å²) >= 11 is 3.74. The minimum absolute atomic E-state index is 1.15. The first kappa shape index (κ1) is 28.3. The smallest absolute Gasteiger partial charge is 0.0555 e. The van der Waals surface area contributed by atoms with Crippen molar-refractivity contribution < 1.29 is 0 Å². The van der Waals surface area contributed by atoms with Crippen LogP contribution in [-0.4, -0.2) is 0 Å². The third-order valence-electron chi connectivity index (χ3n) is 9.68. The number of nitrogens with zero attached hydrogens (tertiary/aromatic N) is 1. The van der Waals surface area contributed by atoms with Gasteiger partial charge in [0.05, 0.1) is 17.1 Å². The molecule has 0 aliphatic heterocycles. The third kappa shape index (κ3) is 4.58. The summed E-state index contributed by atoms with van der Waals surface area (Å²) in [6.07, 6.45) is 0. The average molecular weight is 660 g/mol. The Balaban J connectivity index is 1.28. The molecule has 1 nitrogen and oxygen atoms in total. The SMILES string of the molecule is c1ccc(N(c2ccccc2-c2cccc3ccccc23)c2cccc3sc4ccccc4c23)c(-c2ccc3c(c2)sc2ccccc23)c1. The van der Waals surface area contributed by atoms with Crippen molar-refractivity contribution in [3.8, 4) is 22.3 Å². The van der Waals surface area contributed by atoms with Crippen molar-refractivity contribution in [2.24, 2.45) is 0 Å². The molecule has 0 saturated carbocycles. The van der Waals surface area contributed by atoms with Gasteiger partial charge in [-0.25, -0.2) is 0 Å². The molecule has 0 radical (unpaired) electrons. The highest BCUT2D eigenvalue weighted by atomic mass is 32.1. The monoisotopic (exact) mass is 659 g/mol. The molecule has 0 spiro atoms. The second kappa shape index (κ2) is 11.5. The highest BCUT2D eigenvalue weighted by Crippen LogP contribution is 2.50. The number of para-hydroxylation sites is 2. The molecule has 0 fully saturated rings. The van der Waals surface area contributed by atoms with E-state index < -0.39 is 0 Å². The molecule has 230 valence electrons. The van der Waals surface area contributed by atoms with E-state index in [-0.39, 0.29) is 0 Å². The largest absolute Gasteiger partial charge is 0.309 e. The topological polar surface area (TPSA) is 3.24 Å². The lowest BCUT2D eigenvalue weighted by molar-refractivity contribution is 1.30. The van der Waals surface area contributed by atoms with E-state index in [0.29, 0.717) is 0 Å². The van der Waals surface area contributed by atoms with Crippen molar-refractivity contribution in [1.29, 1.82) is 0 Å². The molecule has 0 N–H and O–H groups in total. The summed E-state index contributed by atoms with van der Waals surface area (Å²) in [7, 11) is 0. The van der Waals surface area contributed by atoms with Gasteiger partial charge in [0.2, 0.25) is 0 Å². The van der Waals surface area contributed by atoms with E-state index >= 15 is 0 Å². The molecule has 10 aromatic rings. The Labute approximate surface area is 292 Å². The van der Waals surface area contributed by atoms with Crippen molar-refractivity contribution in [2.45, 2.75) is 0 Å². The summed E-state index contributed by atoms with van der Waals surface area (Å²) in [5, 5.41) is 7.70. The van der Waals surface area contributed by atoms with Crippen LogP contribution in [0.25, 0.3) is 73.4 Å². The Bertz CT molecular complexity index is 2850. The molecule has 49 heavy (non-hydrogen) atoms. The van der Waals surface area contributed by atoms with Crippen LogP contribution in [-0.2, 0) is 0 Å². The summed E-state index contributed by atoms with van der Waals surface area (Å²) in [5.41, 5.74) is 8.32. The minimum atomic E-state index is 1.15. The molecule has 3 heteroatoms. The van der Waals surface area contributed by atoms with Gasteiger partial charge in [-0.3, -0.25) is 0 Å². The number of rotatable bonds is 5. The Morgan fingerprint density at radius 2 is 0.857 bits per heavy atom. The zero-order valence-electron chi connectivity index (χ0n) is 26.5. The van der Waals surface area contributed by atoms with E-state index in [1.807, 2.05) is 22.7 Å². The third-order valence-corrected chi connectivity index (χ3v) is 12.0. The van der Waals surface area contributed by atoms with Crippen molar-refractivity contribution in [2.75, 3.05) is 4.90 Å². The number of hydrogen-bond donors (Lipinski definition) is 0. The first-order valence-electron chi connectivity index (χ1n) is 16.6. The highest BCUT2D eigenvalue weighted by Gasteiger charge is 2.24. The second-order valence-electron chi connectivity index (χ2n) is 12.5. The van der Waals surface area contributed by atoms with Gasteiger partial charge in [0, 0.05) is 51.5 Å². The second-order valence-corrected chi connectivity index (χ2v) is 14.6. The number of anilines is 3. The molecular formula is C46H29NS2. The molecule has 10 rings (SSSR count). The molecule has 0 unspecified atom stereocenters. The summed E-state index contributed by atoms with van der Waals surface area (Å²) in [6.45, 7) is 0. The van der Waals surface area contributed by atoms with Gasteiger partial charge in [-0.2, -0.15) is 0 Å². The van der Waals surface area contributed by atoms with Gasteiger partial charge in [0.1, 0.15) is 0 Å². The number of benzene rings is 8. The van der Waals surface area contributed by atoms with Crippen LogP contribution in [0.2, 0.25) is 0 Å². The molecule has 0 bridgehead atoms. The van der Waals surface area contributed by atoms with Gasteiger partial charge in [-0.15, -0.1) is 22.7 Å².